The fourth-order valence-electron chi connectivity index (χ4n) is 2.40. The van der Waals surface area contributed by atoms with E-state index in [1.807, 2.05) is 0 Å². The molecule has 0 aliphatic rings. The molecule has 1 unspecified atom stereocenters. The van der Waals surface area contributed by atoms with Crippen molar-refractivity contribution in [3.63, 3.8) is 0 Å². The van der Waals surface area contributed by atoms with Gasteiger partial charge in [-0.05, 0) is 36.1 Å². The Morgan fingerprint density at radius 3 is 2.57 bits per heavy atom. The zero-order valence-corrected chi connectivity index (χ0v) is 14.6. The molecule has 0 spiro atoms. The molecule has 2 rings (SSSR count). The monoisotopic (exact) mass is 334 g/mol. The van der Waals surface area contributed by atoms with Gasteiger partial charge in [0.2, 0.25) is 0 Å². The third-order valence-electron chi connectivity index (χ3n) is 3.84. The van der Waals surface area contributed by atoms with E-state index < -0.39 is 5.60 Å². The van der Waals surface area contributed by atoms with Gasteiger partial charge in [-0.2, -0.15) is 0 Å². The Morgan fingerprint density at radius 1 is 1.22 bits per heavy atom. The lowest BCUT2D eigenvalue weighted by Gasteiger charge is -2.23. The average molecular weight is 334 g/mol. The van der Waals surface area contributed by atoms with Crippen molar-refractivity contribution in [3.05, 3.63) is 52.2 Å². The fourth-order valence-corrected chi connectivity index (χ4v) is 3.16. The topological polar surface area (TPSA) is 55.7 Å². The molecule has 0 aliphatic carbocycles. The highest BCUT2D eigenvalue weighted by Gasteiger charge is 2.18. The number of nitrogens with one attached hydrogen (secondary N) is 1. The Bertz CT molecular complexity index is 567. The van der Waals surface area contributed by atoms with Gasteiger partial charge in [-0.25, -0.2) is 0 Å². The fraction of sp³-hybridized carbons (Fsp3) is 0.444. The van der Waals surface area contributed by atoms with Crippen molar-refractivity contribution in [3.8, 4) is 0 Å². The molecule has 23 heavy (non-hydrogen) atoms. The van der Waals surface area contributed by atoms with Gasteiger partial charge >= 0.3 is 0 Å². The van der Waals surface area contributed by atoms with Crippen molar-refractivity contribution in [1.29, 1.82) is 0 Å². The zero-order valence-electron chi connectivity index (χ0n) is 13.8. The molecule has 0 saturated heterocycles. The summed E-state index contributed by atoms with van der Waals surface area (Å²) in [6.45, 7) is 3.82. The molecule has 3 N–H and O–H groups in total. The van der Waals surface area contributed by atoms with E-state index in [0.29, 0.717) is 19.5 Å². The molecule has 0 saturated carbocycles. The van der Waals surface area contributed by atoms with Crippen LogP contribution in [0.15, 0.2) is 41.8 Å². The van der Waals surface area contributed by atoms with E-state index in [-0.39, 0.29) is 6.61 Å². The summed E-state index contributed by atoms with van der Waals surface area (Å²) in [6.07, 6.45) is 0.381. The van der Waals surface area contributed by atoms with Crippen LogP contribution in [0.25, 0.3) is 0 Å². The SMILES string of the molecule is CN(Cc1cccs1)c1ccc(CNCC(C)(O)CCO)cc1. The molecule has 4 nitrogen and oxygen atoms in total. The number of hydrogen-bond acceptors (Lipinski definition) is 5. The van der Waals surface area contributed by atoms with E-state index in [9.17, 15) is 5.11 Å². The normalized spacial score (nSPS) is 13.7. The summed E-state index contributed by atoms with van der Waals surface area (Å²) >= 11 is 1.77. The van der Waals surface area contributed by atoms with E-state index in [2.05, 4.69) is 59.0 Å². The van der Waals surface area contributed by atoms with Gasteiger partial charge in [0, 0.05) is 43.7 Å². The second kappa shape index (κ2) is 8.45. The molecular formula is C18H26N2O2S. The van der Waals surface area contributed by atoms with Gasteiger partial charge in [-0.1, -0.05) is 18.2 Å². The summed E-state index contributed by atoms with van der Waals surface area (Å²) in [6, 6.07) is 12.7. The highest BCUT2D eigenvalue weighted by Crippen LogP contribution is 2.18. The van der Waals surface area contributed by atoms with Gasteiger partial charge in [0.1, 0.15) is 0 Å². The quantitative estimate of drug-likeness (QED) is 0.660. The van der Waals surface area contributed by atoms with Crippen LogP contribution in [0.1, 0.15) is 23.8 Å². The summed E-state index contributed by atoms with van der Waals surface area (Å²) in [5.41, 5.74) is 1.50. The van der Waals surface area contributed by atoms with Crippen LogP contribution in [-0.4, -0.2) is 36.0 Å². The van der Waals surface area contributed by atoms with Crippen molar-refractivity contribution < 1.29 is 10.2 Å². The number of anilines is 1. The number of aliphatic hydroxyl groups excluding tert-OH is 1. The third-order valence-corrected chi connectivity index (χ3v) is 4.70. The van der Waals surface area contributed by atoms with Crippen LogP contribution >= 0.6 is 11.3 Å². The number of benzene rings is 1. The predicted octanol–water partition coefficient (Wildman–Crippen LogP) is 2.61. The van der Waals surface area contributed by atoms with Crippen LogP contribution in [0.5, 0.6) is 0 Å². The van der Waals surface area contributed by atoms with E-state index >= 15 is 0 Å². The molecule has 0 aliphatic heterocycles. The van der Waals surface area contributed by atoms with E-state index in [1.54, 1.807) is 18.3 Å². The molecule has 1 aromatic carbocycles. The lowest BCUT2D eigenvalue weighted by atomic mass is 10.0. The predicted molar refractivity (Wildman–Crippen MR) is 96.9 cm³/mol. The van der Waals surface area contributed by atoms with Crippen molar-refractivity contribution in [2.24, 2.45) is 0 Å². The Morgan fingerprint density at radius 2 is 1.96 bits per heavy atom. The smallest absolute Gasteiger partial charge is 0.0765 e. The molecule has 0 amide bonds. The Labute approximate surface area is 142 Å². The van der Waals surface area contributed by atoms with Crippen LogP contribution in [-0.2, 0) is 13.1 Å². The second-order valence-electron chi connectivity index (χ2n) is 6.18. The first-order valence-electron chi connectivity index (χ1n) is 7.86. The van der Waals surface area contributed by atoms with Gasteiger partial charge in [0.15, 0.2) is 0 Å². The first-order valence-corrected chi connectivity index (χ1v) is 8.74. The van der Waals surface area contributed by atoms with Crippen LogP contribution in [0.3, 0.4) is 0 Å². The van der Waals surface area contributed by atoms with E-state index in [0.717, 1.165) is 6.54 Å². The Balaban J connectivity index is 1.82. The highest BCUT2D eigenvalue weighted by molar-refractivity contribution is 7.09. The van der Waals surface area contributed by atoms with Gasteiger partial charge in [-0.15, -0.1) is 11.3 Å². The molecule has 1 atom stereocenters. The largest absolute Gasteiger partial charge is 0.396 e. The Kier molecular flexibility index (Phi) is 6.59. The van der Waals surface area contributed by atoms with Crippen molar-refractivity contribution in [2.75, 3.05) is 25.1 Å². The van der Waals surface area contributed by atoms with Gasteiger partial charge in [0.05, 0.1) is 12.1 Å². The summed E-state index contributed by atoms with van der Waals surface area (Å²) in [5.74, 6) is 0. The molecule has 1 heterocycles. The van der Waals surface area contributed by atoms with Crippen molar-refractivity contribution in [1.82, 2.24) is 5.32 Å². The molecule has 1 aromatic heterocycles. The molecule has 0 radical (unpaired) electrons. The number of thiophene rings is 1. The standard InChI is InChI=1S/C18H26N2O2S/c1-18(22,9-10-21)14-19-12-15-5-7-16(8-6-15)20(2)13-17-4-3-11-23-17/h3-8,11,19,21-22H,9-10,12-14H2,1-2H3. The van der Waals surface area contributed by atoms with Gasteiger partial charge in [0.25, 0.3) is 0 Å². The first-order chi connectivity index (χ1) is 11.0. The molecule has 5 heteroatoms. The van der Waals surface area contributed by atoms with Crippen LogP contribution in [0, 0.1) is 0 Å². The molecule has 2 aromatic rings. The lowest BCUT2D eigenvalue weighted by Crippen LogP contribution is -2.38. The summed E-state index contributed by atoms with van der Waals surface area (Å²) in [5, 5.41) is 24.2. The number of aliphatic hydroxyl groups is 2. The molecule has 0 bridgehead atoms. The van der Waals surface area contributed by atoms with E-state index in [1.165, 1.54) is 16.1 Å². The third kappa shape index (κ3) is 5.95. The minimum Gasteiger partial charge on any atom is -0.396 e. The Hall–Kier alpha value is -1.40. The van der Waals surface area contributed by atoms with Crippen LogP contribution in [0.4, 0.5) is 5.69 Å². The summed E-state index contributed by atoms with van der Waals surface area (Å²) in [7, 11) is 2.10. The molecule has 0 fully saturated rings. The average Bonchev–Trinajstić information content (AvgIpc) is 3.00. The van der Waals surface area contributed by atoms with Crippen molar-refractivity contribution in [2.45, 2.75) is 32.0 Å². The van der Waals surface area contributed by atoms with E-state index in [4.69, 9.17) is 5.11 Å². The highest BCUT2D eigenvalue weighted by atomic mass is 32.1. The van der Waals surface area contributed by atoms with Crippen LogP contribution < -0.4 is 10.2 Å². The number of hydrogen-bond donors (Lipinski definition) is 3. The van der Waals surface area contributed by atoms with Gasteiger partial charge in [-0.3, -0.25) is 0 Å². The summed E-state index contributed by atoms with van der Waals surface area (Å²) in [4.78, 5) is 3.58. The van der Waals surface area contributed by atoms with Gasteiger partial charge < -0.3 is 20.4 Å². The number of nitrogens with zero attached hydrogens (tertiary/aromatic N) is 1. The summed E-state index contributed by atoms with van der Waals surface area (Å²) < 4.78 is 0. The van der Waals surface area contributed by atoms with Crippen molar-refractivity contribution >= 4 is 17.0 Å². The lowest BCUT2D eigenvalue weighted by molar-refractivity contribution is 0.0334. The maximum Gasteiger partial charge on any atom is 0.0765 e. The maximum atomic E-state index is 10.0. The second-order valence-corrected chi connectivity index (χ2v) is 7.21. The minimum atomic E-state index is -0.865. The maximum absolute atomic E-state index is 10.0. The zero-order chi connectivity index (χ0) is 16.7. The first kappa shape index (κ1) is 17.9. The number of rotatable bonds is 9. The van der Waals surface area contributed by atoms with Crippen LogP contribution in [0.2, 0.25) is 0 Å². The molecule has 126 valence electrons. The molecular weight excluding hydrogens is 308 g/mol. The minimum absolute atomic E-state index is 0.0000477.